The fourth-order valence-corrected chi connectivity index (χ4v) is 4.60. The number of hydrogen-bond donors (Lipinski definition) is 0. The second-order valence-electron chi connectivity index (χ2n) is 10.5. The van der Waals surface area contributed by atoms with E-state index in [1.165, 1.54) is 6.42 Å². The maximum Gasteiger partial charge on any atom is 0.311 e. The Hall–Kier alpha value is -0.910. The SMILES string of the molecule is C=CCN1C[C@@H](CON2C(C)(C)CCCC2(C)C)[C@@H](C(=O)OC(C)(C)C)C1. The van der Waals surface area contributed by atoms with Gasteiger partial charge in [0.15, 0.2) is 0 Å². The zero-order chi connectivity index (χ0) is 20.5. The Morgan fingerprint density at radius 3 is 2.26 bits per heavy atom. The number of ether oxygens (including phenoxy) is 1. The quantitative estimate of drug-likeness (QED) is 0.514. The van der Waals surface area contributed by atoms with E-state index in [0.717, 1.165) is 25.9 Å². The van der Waals surface area contributed by atoms with Crippen molar-refractivity contribution < 1.29 is 14.4 Å². The molecule has 0 unspecified atom stereocenters. The summed E-state index contributed by atoms with van der Waals surface area (Å²) in [6.45, 7) is 21.5. The number of esters is 1. The highest BCUT2D eigenvalue weighted by Crippen LogP contribution is 2.39. The molecule has 0 radical (unpaired) electrons. The largest absolute Gasteiger partial charge is 0.460 e. The van der Waals surface area contributed by atoms with Crippen molar-refractivity contribution in [1.82, 2.24) is 9.96 Å². The molecule has 0 saturated carbocycles. The lowest BCUT2D eigenvalue weighted by Gasteiger charge is -2.51. The molecule has 2 atom stereocenters. The number of carbonyl (C=O) groups excluding carboxylic acids is 1. The van der Waals surface area contributed by atoms with Crippen LogP contribution in [-0.2, 0) is 14.4 Å². The van der Waals surface area contributed by atoms with Crippen LogP contribution < -0.4 is 0 Å². The molecule has 2 heterocycles. The van der Waals surface area contributed by atoms with Crippen LogP contribution in [0.1, 0.15) is 67.7 Å². The van der Waals surface area contributed by atoms with Gasteiger partial charge in [0.25, 0.3) is 0 Å². The maximum absolute atomic E-state index is 12.8. The number of likely N-dealkylation sites (tertiary alicyclic amines) is 1. The predicted octanol–water partition coefficient (Wildman–Crippen LogP) is 4.04. The third-order valence-corrected chi connectivity index (χ3v) is 5.71. The first kappa shape index (κ1) is 22.4. The standard InChI is InChI=1S/C22H40N2O3/c1-9-13-23-14-17(18(15-23)19(25)27-20(2,3)4)16-26-24-21(5,6)11-10-12-22(24,7)8/h9,17-18H,1,10-16H2,2-8H3/t17-,18-/m0/s1. The van der Waals surface area contributed by atoms with Crippen LogP contribution in [0, 0.1) is 11.8 Å². The monoisotopic (exact) mass is 380 g/mol. The van der Waals surface area contributed by atoms with Crippen LogP contribution in [0.2, 0.25) is 0 Å². The maximum atomic E-state index is 12.8. The summed E-state index contributed by atoms with van der Waals surface area (Å²) in [5.74, 6) is -0.131. The Labute approximate surface area is 166 Å². The molecule has 2 aliphatic heterocycles. The van der Waals surface area contributed by atoms with E-state index in [1.807, 2.05) is 26.8 Å². The Bertz CT molecular complexity index is 520. The van der Waals surface area contributed by atoms with Gasteiger partial charge in [-0.05, 0) is 67.7 Å². The van der Waals surface area contributed by atoms with E-state index in [4.69, 9.17) is 9.57 Å². The second kappa shape index (κ2) is 8.22. The summed E-state index contributed by atoms with van der Waals surface area (Å²) < 4.78 is 5.69. The molecule has 0 aliphatic carbocycles. The van der Waals surface area contributed by atoms with Crippen LogP contribution in [0.15, 0.2) is 12.7 Å². The molecular weight excluding hydrogens is 340 g/mol. The molecule has 0 spiro atoms. The van der Waals surface area contributed by atoms with Crippen LogP contribution in [-0.4, -0.2) is 58.9 Å². The lowest BCUT2D eigenvalue weighted by molar-refractivity contribution is -0.286. The van der Waals surface area contributed by atoms with E-state index in [9.17, 15) is 4.79 Å². The Balaban J connectivity index is 2.08. The smallest absolute Gasteiger partial charge is 0.311 e. The molecule has 0 N–H and O–H groups in total. The number of hydrogen-bond acceptors (Lipinski definition) is 5. The minimum absolute atomic E-state index is 0.00255. The molecular formula is C22H40N2O3. The van der Waals surface area contributed by atoms with E-state index in [-0.39, 0.29) is 28.9 Å². The highest BCUT2D eigenvalue weighted by atomic mass is 16.7. The molecule has 0 aromatic carbocycles. The third-order valence-electron chi connectivity index (χ3n) is 5.71. The van der Waals surface area contributed by atoms with Gasteiger partial charge in [0, 0.05) is 36.6 Å². The second-order valence-corrected chi connectivity index (χ2v) is 10.5. The topological polar surface area (TPSA) is 42.0 Å². The highest BCUT2D eigenvalue weighted by Gasteiger charge is 2.45. The van der Waals surface area contributed by atoms with Crippen LogP contribution in [0.25, 0.3) is 0 Å². The van der Waals surface area contributed by atoms with Gasteiger partial charge in [0.2, 0.25) is 0 Å². The predicted molar refractivity (Wildman–Crippen MR) is 109 cm³/mol. The zero-order valence-corrected chi connectivity index (χ0v) is 18.5. The summed E-state index contributed by atoms with van der Waals surface area (Å²) in [6, 6.07) is 0. The van der Waals surface area contributed by atoms with Crippen molar-refractivity contribution in [2.24, 2.45) is 11.8 Å². The molecule has 2 fully saturated rings. The average molecular weight is 381 g/mol. The molecule has 2 saturated heterocycles. The van der Waals surface area contributed by atoms with Gasteiger partial charge in [-0.1, -0.05) is 6.08 Å². The summed E-state index contributed by atoms with van der Waals surface area (Å²) in [5.41, 5.74) is -0.462. The first-order chi connectivity index (χ1) is 12.4. The number of rotatable bonds is 6. The molecule has 156 valence electrons. The summed E-state index contributed by atoms with van der Waals surface area (Å²) >= 11 is 0. The van der Waals surface area contributed by atoms with Gasteiger partial charge >= 0.3 is 5.97 Å². The molecule has 27 heavy (non-hydrogen) atoms. The van der Waals surface area contributed by atoms with Crippen LogP contribution in [0.4, 0.5) is 0 Å². The number of carbonyl (C=O) groups is 1. The Morgan fingerprint density at radius 1 is 1.15 bits per heavy atom. The molecule has 5 nitrogen and oxygen atoms in total. The van der Waals surface area contributed by atoms with Crippen LogP contribution in [0.3, 0.4) is 0 Å². The van der Waals surface area contributed by atoms with Crippen molar-refractivity contribution in [3.8, 4) is 0 Å². The van der Waals surface area contributed by atoms with Gasteiger partial charge < -0.3 is 4.74 Å². The summed E-state index contributed by atoms with van der Waals surface area (Å²) in [6.07, 6.45) is 5.36. The Kier molecular flexibility index (Phi) is 6.81. The number of nitrogens with zero attached hydrogens (tertiary/aromatic N) is 2. The van der Waals surface area contributed by atoms with E-state index in [0.29, 0.717) is 13.2 Å². The fraction of sp³-hybridized carbons (Fsp3) is 0.864. The number of piperidine rings is 1. The summed E-state index contributed by atoms with van der Waals surface area (Å²) in [7, 11) is 0. The van der Waals surface area contributed by atoms with Gasteiger partial charge in [0.05, 0.1) is 12.5 Å². The van der Waals surface area contributed by atoms with Crippen molar-refractivity contribution in [2.45, 2.75) is 84.4 Å². The van der Waals surface area contributed by atoms with Gasteiger partial charge in [-0.25, -0.2) is 0 Å². The Morgan fingerprint density at radius 2 is 1.74 bits per heavy atom. The van der Waals surface area contributed by atoms with Crippen molar-refractivity contribution in [2.75, 3.05) is 26.2 Å². The molecule has 2 rings (SSSR count). The van der Waals surface area contributed by atoms with Crippen LogP contribution >= 0.6 is 0 Å². The molecule has 0 aromatic rings. The molecule has 0 amide bonds. The third kappa shape index (κ3) is 5.78. The fourth-order valence-electron chi connectivity index (χ4n) is 4.60. The summed E-state index contributed by atoms with van der Waals surface area (Å²) in [5, 5.41) is 2.19. The van der Waals surface area contributed by atoms with Crippen molar-refractivity contribution >= 4 is 5.97 Å². The van der Waals surface area contributed by atoms with Crippen molar-refractivity contribution in [3.05, 3.63) is 12.7 Å². The lowest BCUT2D eigenvalue weighted by atomic mass is 9.82. The minimum atomic E-state index is -0.467. The zero-order valence-electron chi connectivity index (χ0n) is 18.5. The molecule has 0 aromatic heterocycles. The lowest BCUT2D eigenvalue weighted by Crippen LogP contribution is -2.58. The normalized spacial score (nSPS) is 28.9. The molecule has 5 heteroatoms. The van der Waals surface area contributed by atoms with Crippen molar-refractivity contribution in [1.29, 1.82) is 0 Å². The molecule has 0 bridgehead atoms. The highest BCUT2D eigenvalue weighted by molar-refractivity contribution is 5.74. The van der Waals surface area contributed by atoms with Gasteiger partial charge in [-0.3, -0.25) is 14.5 Å². The van der Waals surface area contributed by atoms with E-state index < -0.39 is 5.60 Å². The van der Waals surface area contributed by atoms with Gasteiger partial charge in [-0.15, -0.1) is 6.58 Å². The van der Waals surface area contributed by atoms with Gasteiger partial charge in [-0.2, -0.15) is 5.06 Å². The molecule has 2 aliphatic rings. The van der Waals surface area contributed by atoms with Gasteiger partial charge in [0.1, 0.15) is 5.60 Å². The van der Waals surface area contributed by atoms with Crippen molar-refractivity contribution in [3.63, 3.8) is 0 Å². The van der Waals surface area contributed by atoms with Crippen LogP contribution in [0.5, 0.6) is 0 Å². The van der Waals surface area contributed by atoms with E-state index >= 15 is 0 Å². The minimum Gasteiger partial charge on any atom is -0.460 e. The summed E-state index contributed by atoms with van der Waals surface area (Å²) in [4.78, 5) is 21.5. The van der Waals surface area contributed by atoms with E-state index in [1.54, 1.807) is 0 Å². The number of hydroxylamine groups is 2. The average Bonchev–Trinajstić information content (AvgIpc) is 2.87. The van der Waals surface area contributed by atoms with E-state index in [2.05, 4.69) is 44.2 Å². The first-order valence-electron chi connectivity index (χ1n) is 10.3. The first-order valence-corrected chi connectivity index (χ1v) is 10.3.